The van der Waals surface area contributed by atoms with Crippen LogP contribution in [0.25, 0.3) is 0 Å². The molecule has 2 aliphatic rings. The zero-order valence-corrected chi connectivity index (χ0v) is 9.84. The maximum atomic E-state index is 11.9. The van der Waals surface area contributed by atoms with Gasteiger partial charge in [-0.1, -0.05) is 0 Å². The Morgan fingerprint density at radius 3 is 2.86 bits per heavy atom. The van der Waals surface area contributed by atoms with E-state index in [9.17, 15) is 4.79 Å². The minimum atomic E-state index is 0.0883. The van der Waals surface area contributed by atoms with Crippen molar-refractivity contribution in [1.29, 1.82) is 0 Å². The largest absolute Gasteiger partial charge is 0.337 e. The van der Waals surface area contributed by atoms with Crippen molar-refractivity contribution in [3.8, 4) is 0 Å². The molecular weight excluding hydrogens is 264 g/mol. The van der Waals surface area contributed by atoms with Gasteiger partial charge in [-0.3, -0.25) is 4.79 Å². The summed E-state index contributed by atoms with van der Waals surface area (Å²) in [6.45, 7) is 1.88. The Bertz CT molecular complexity index is 382. The molecule has 5 heteroatoms. The van der Waals surface area contributed by atoms with Crippen LogP contribution in [0, 0.1) is 11.8 Å². The number of hydrogen-bond donors (Lipinski definition) is 0. The molecule has 3 nitrogen and oxygen atoms in total. The fraction of sp³-hybridized carbons (Fsp3) is 0.556. The van der Waals surface area contributed by atoms with E-state index in [1.165, 1.54) is 17.8 Å². The molecule has 0 radical (unpaired) electrons. The monoisotopic (exact) mass is 272 g/mol. The highest BCUT2D eigenvalue weighted by molar-refractivity contribution is 9.11. The van der Waals surface area contributed by atoms with Crippen LogP contribution in [0.3, 0.4) is 0 Å². The molecule has 1 aliphatic heterocycles. The average molecular weight is 273 g/mol. The van der Waals surface area contributed by atoms with E-state index in [-0.39, 0.29) is 5.91 Å². The van der Waals surface area contributed by atoms with Crippen molar-refractivity contribution in [2.24, 2.45) is 11.8 Å². The smallest absolute Gasteiger partial charge is 0.274 e. The van der Waals surface area contributed by atoms with Gasteiger partial charge in [-0.15, -0.1) is 11.3 Å². The quantitative estimate of drug-likeness (QED) is 0.784. The van der Waals surface area contributed by atoms with Gasteiger partial charge in [0.15, 0.2) is 5.69 Å². The predicted octanol–water partition coefficient (Wildman–Crippen LogP) is 2.00. The summed E-state index contributed by atoms with van der Waals surface area (Å²) in [5, 5.41) is 0. The molecule has 74 valence electrons. The summed E-state index contributed by atoms with van der Waals surface area (Å²) in [6.07, 6.45) is 1.32. The summed E-state index contributed by atoms with van der Waals surface area (Å²) < 4.78 is 0.850. The van der Waals surface area contributed by atoms with Crippen LogP contribution in [0.2, 0.25) is 0 Å². The fourth-order valence-corrected chi connectivity index (χ4v) is 3.11. The predicted molar refractivity (Wildman–Crippen MR) is 57.3 cm³/mol. The molecule has 14 heavy (non-hydrogen) atoms. The summed E-state index contributed by atoms with van der Waals surface area (Å²) in [7, 11) is 0. The molecule has 0 bridgehead atoms. The summed E-state index contributed by atoms with van der Waals surface area (Å²) >= 11 is 4.81. The highest BCUT2D eigenvalue weighted by Gasteiger charge is 2.47. The van der Waals surface area contributed by atoms with Gasteiger partial charge < -0.3 is 4.90 Å². The summed E-state index contributed by atoms with van der Waals surface area (Å²) in [6, 6.07) is 0. The standard InChI is InChI=1S/C9H9BrN2OS/c10-8-7(11-4-14-8)9(13)12-2-5-1-6(5)3-12/h4-6H,1-3H2. The van der Waals surface area contributed by atoms with Crippen LogP contribution in [-0.2, 0) is 0 Å². The Balaban J connectivity index is 1.79. The van der Waals surface area contributed by atoms with Crippen LogP contribution in [0.15, 0.2) is 9.30 Å². The number of halogens is 1. The highest BCUT2D eigenvalue weighted by Crippen LogP contribution is 2.45. The minimum absolute atomic E-state index is 0.0883. The lowest BCUT2D eigenvalue weighted by Crippen LogP contribution is -2.30. The number of amides is 1. The number of rotatable bonds is 1. The number of thiazole rings is 1. The van der Waals surface area contributed by atoms with Gasteiger partial charge in [-0.05, 0) is 34.2 Å². The highest BCUT2D eigenvalue weighted by atomic mass is 79.9. The molecule has 0 N–H and O–H groups in total. The first-order chi connectivity index (χ1) is 6.75. The maximum Gasteiger partial charge on any atom is 0.274 e. The molecule has 1 aromatic rings. The molecule has 1 saturated heterocycles. The van der Waals surface area contributed by atoms with E-state index < -0.39 is 0 Å². The second-order valence-electron chi connectivity index (χ2n) is 3.94. The van der Waals surface area contributed by atoms with Crippen molar-refractivity contribution in [2.75, 3.05) is 13.1 Å². The Morgan fingerprint density at radius 1 is 1.57 bits per heavy atom. The van der Waals surface area contributed by atoms with Crippen LogP contribution >= 0.6 is 27.3 Å². The average Bonchev–Trinajstić information content (AvgIpc) is 2.64. The number of likely N-dealkylation sites (tertiary alicyclic amines) is 1. The topological polar surface area (TPSA) is 33.2 Å². The SMILES string of the molecule is O=C(c1ncsc1Br)N1CC2CC2C1. The van der Waals surface area contributed by atoms with Crippen molar-refractivity contribution in [3.05, 3.63) is 15.0 Å². The van der Waals surface area contributed by atoms with Gasteiger partial charge in [0.05, 0.1) is 5.51 Å². The van der Waals surface area contributed by atoms with E-state index in [4.69, 9.17) is 0 Å². The third kappa shape index (κ3) is 1.30. The number of nitrogens with zero attached hydrogens (tertiary/aromatic N) is 2. The molecule has 1 saturated carbocycles. The number of piperidine rings is 1. The normalized spacial score (nSPS) is 29.1. The number of carbonyl (C=O) groups is 1. The lowest BCUT2D eigenvalue weighted by molar-refractivity contribution is 0.0769. The molecular formula is C9H9BrN2OS. The van der Waals surface area contributed by atoms with Crippen LogP contribution < -0.4 is 0 Å². The second-order valence-corrected chi connectivity index (χ2v) is 6.11. The van der Waals surface area contributed by atoms with Crippen LogP contribution in [0.1, 0.15) is 16.9 Å². The van der Waals surface area contributed by atoms with E-state index in [1.807, 2.05) is 4.90 Å². The zero-order chi connectivity index (χ0) is 9.71. The number of fused-ring (bicyclic) bond motifs is 1. The first kappa shape index (κ1) is 8.85. The second kappa shape index (κ2) is 3.03. The van der Waals surface area contributed by atoms with E-state index in [0.29, 0.717) is 5.69 Å². The molecule has 0 spiro atoms. The first-order valence-corrected chi connectivity index (χ1v) is 6.31. The number of aromatic nitrogens is 1. The Morgan fingerprint density at radius 2 is 2.29 bits per heavy atom. The summed E-state index contributed by atoms with van der Waals surface area (Å²) in [5.41, 5.74) is 2.28. The number of hydrogen-bond acceptors (Lipinski definition) is 3. The zero-order valence-electron chi connectivity index (χ0n) is 7.44. The molecule has 3 rings (SSSR count). The molecule has 1 aromatic heterocycles. The molecule has 2 fully saturated rings. The van der Waals surface area contributed by atoms with Crippen LogP contribution in [0.4, 0.5) is 0 Å². The Kier molecular flexibility index (Phi) is 1.92. The lowest BCUT2D eigenvalue weighted by atomic mass is 10.3. The van der Waals surface area contributed by atoms with Crippen LogP contribution in [-0.4, -0.2) is 28.9 Å². The van der Waals surface area contributed by atoms with Crippen molar-refractivity contribution >= 4 is 33.2 Å². The van der Waals surface area contributed by atoms with Crippen molar-refractivity contribution in [1.82, 2.24) is 9.88 Å². The fourth-order valence-electron chi connectivity index (χ4n) is 2.08. The van der Waals surface area contributed by atoms with Gasteiger partial charge in [0, 0.05) is 13.1 Å². The van der Waals surface area contributed by atoms with Crippen molar-refractivity contribution in [3.63, 3.8) is 0 Å². The number of carbonyl (C=O) groups excluding carboxylic acids is 1. The molecule has 1 amide bonds. The van der Waals surface area contributed by atoms with Gasteiger partial charge in [0.1, 0.15) is 3.79 Å². The van der Waals surface area contributed by atoms with Gasteiger partial charge >= 0.3 is 0 Å². The molecule has 2 heterocycles. The molecule has 2 unspecified atom stereocenters. The first-order valence-electron chi connectivity index (χ1n) is 4.64. The molecule has 1 aliphatic carbocycles. The summed E-state index contributed by atoms with van der Waals surface area (Å²) in [5.74, 6) is 1.66. The van der Waals surface area contributed by atoms with E-state index in [0.717, 1.165) is 28.7 Å². The van der Waals surface area contributed by atoms with Crippen molar-refractivity contribution < 1.29 is 4.79 Å². The third-order valence-electron chi connectivity index (χ3n) is 2.99. The van der Waals surface area contributed by atoms with E-state index in [1.54, 1.807) is 5.51 Å². The maximum absolute atomic E-state index is 11.9. The molecule has 0 aromatic carbocycles. The van der Waals surface area contributed by atoms with Crippen LogP contribution in [0.5, 0.6) is 0 Å². The summed E-state index contributed by atoms with van der Waals surface area (Å²) in [4.78, 5) is 17.9. The van der Waals surface area contributed by atoms with E-state index in [2.05, 4.69) is 20.9 Å². The molecule has 2 atom stereocenters. The van der Waals surface area contributed by atoms with Gasteiger partial charge in [-0.25, -0.2) is 4.98 Å². The Labute approximate surface area is 94.3 Å². The van der Waals surface area contributed by atoms with E-state index >= 15 is 0 Å². The minimum Gasteiger partial charge on any atom is -0.337 e. The lowest BCUT2D eigenvalue weighted by Gasteiger charge is -2.16. The van der Waals surface area contributed by atoms with Gasteiger partial charge in [0.25, 0.3) is 5.91 Å². The van der Waals surface area contributed by atoms with Gasteiger partial charge in [-0.2, -0.15) is 0 Å². The third-order valence-corrected chi connectivity index (χ3v) is 4.54. The van der Waals surface area contributed by atoms with Gasteiger partial charge in [0.2, 0.25) is 0 Å². The Hall–Kier alpha value is -0.420. The van der Waals surface area contributed by atoms with Crippen molar-refractivity contribution in [2.45, 2.75) is 6.42 Å².